The molecule has 10 heteroatoms. The number of ether oxygens (including phenoxy) is 2. The summed E-state index contributed by atoms with van der Waals surface area (Å²) >= 11 is 0. The lowest BCUT2D eigenvalue weighted by Gasteiger charge is -2.44. The number of unbranched alkanes of at least 4 members (excludes halogenated alkanes) is 2. The molecule has 3 heterocycles. The molecule has 1 fully saturated rings. The van der Waals surface area contributed by atoms with Crippen LogP contribution >= 0.6 is 0 Å². The van der Waals surface area contributed by atoms with Gasteiger partial charge in [0.1, 0.15) is 16.9 Å². The van der Waals surface area contributed by atoms with Crippen LogP contribution in [0.3, 0.4) is 0 Å². The molecule has 0 unspecified atom stereocenters. The number of nitrogen functional groups attached to an aromatic ring is 1. The van der Waals surface area contributed by atoms with Gasteiger partial charge >= 0.3 is 6.09 Å². The molecule has 0 atom stereocenters. The number of methoxy groups -OCH3 is 1. The van der Waals surface area contributed by atoms with Crippen molar-refractivity contribution >= 4 is 28.9 Å². The highest BCUT2D eigenvalue weighted by Crippen LogP contribution is 2.28. The van der Waals surface area contributed by atoms with E-state index in [1.807, 2.05) is 40.1 Å². The van der Waals surface area contributed by atoms with Gasteiger partial charge in [0.25, 0.3) is 0 Å². The Bertz CT molecular complexity index is 1280. The fourth-order valence-corrected chi connectivity index (χ4v) is 4.82. The minimum atomic E-state index is -0.493. The predicted molar refractivity (Wildman–Crippen MR) is 162 cm³/mol. The fourth-order valence-electron chi connectivity index (χ4n) is 4.82. The highest BCUT2D eigenvalue weighted by atomic mass is 16.6. The van der Waals surface area contributed by atoms with E-state index < -0.39 is 5.60 Å². The highest BCUT2D eigenvalue weighted by Gasteiger charge is 2.34. The SMILES string of the molecule is C.CCCCCNc1nc(N)nc2ccn(Cc3ccc(CN4CC(N(C)C(=O)OC(C)(C)C)C4)cc3OC)c12. The number of nitrogens with one attached hydrogen (secondary N) is 1. The van der Waals surface area contributed by atoms with Crippen molar-refractivity contribution in [3.63, 3.8) is 0 Å². The molecule has 0 radical (unpaired) electrons. The number of fused-ring (bicyclic) bond motifs is 1. The molecule has 10 nitrogen and oxygen atoms in total. The van der Waals surface area contributed by atoms with Crippen LogP contribution in [0.25, 0.3) is 11.0 Å². The quantitative estimate of drug-likeness (QED) is 0.305. The number of anilines is 2. The summed E-state index contributed by atoms with van der Waals surface area (Å²) in [5, 5.41) is 3.46. The van der Waals surface area contributed by atoms with E-state index in [2.05, 4.69) is 49.9 Å². The Kier molecular flexibility index (Phi) is 10.2. The molecule has 0 saturated carbocycles. The Hall–Kier alpha value is -3.53. The van der Waals surface area contributed by atoms with E-state index in [0.29, 0.717) is 6.54 Å². The second-order valence-electron chi connectivity index (χ2n) is 11.3. The normalized spacial score (nSPS) is 13.9. The lowest BCUT2D eigenvalue weighted by atomic mass is 10.0. The summed E-state index contributed by atoms with van der Waals surface area (Å²) in [7, 11) is 3.51. The molecule has 1 aliphatic rings. The topological polar surface area (TPSA) is 111 Å². The van der Waals surface area contributed by atoms with Crippen LogP contribution in [0.1, 0.15) is 65.5 Å². The number of likely N-dealkylation sites (tertiary alicyclic amines) is 1. The molecule has 220 valence electrons. The molecule has 3 aromatic rings. The summed E-state index contributed by atoms with van der Waals surface area (Å²) in [5.41, 5.74) is 9.48. The van der Waals surface area contributed by atoms with Gasteiger partial charge in [0.15, 0.2) is 5.82 Å². The van der Waals surface area contributed by atoms with E-state index in [4.69, 9.17) is 15.2 Å². The first-order valence-corrected chi connectivity index (χ1v) is 13.8. The third kappa shape index (κ3) is 7.56. The Morgan fingerprint density at radius 1 is 1.18 bits per heavy atom. The maximum absolute atomic E-state index is 12.4. The van der Waals surface area contributed by atoms with Gasteiger partial charge in [0, 0.05) is 45.0 Å². The average Bonchev–Trinajstić information content (AvgIpc) is 3.25. The van der Waals surface area contributed by atoms with Crippen LogP contribution in [0.5, 0.6) is 5.75 Å². The maximum atomic E-state index is 12.4. The number of likely N-dealkylation sites (N-methyl/N-ethyl adjacent to an activating group) is 1. The zero-order valence-corrected chi connectivity index (χ0v) is 24.2. The van der Waals surface area contributed by atoms with Crippen LogP contribution in [-0.4, -0.2) is 75.9 Å². The number of rotatable bonds is 11. The first-order chi connectivity index (χ1) is 18.6. The van der Waals surface area contributed by atoms with Crippen molar-refractivity contribution in [3.05, 3.63) is 41.6 Å². The standard InChI is InChI=1S/C29H43N7O3.CH4/c1-7-8-9-13-31-26-25-23(32-27(30)33-26)12-14-36(25)17-21-11-10-20(15-24(21)38-6)16-35-18-22(19-35)34(5)28(37)39-29(2,3)4;/h10-12,14-15,22H,7-9,13,16-19H2,1-6H3,(H3,30,31,32,33);1H4. The minimum Gasteiger partial charge on any atom is -0.496 e. The summed E-state index contributed by atoms with van der Waals surface area (Å²) < 4.78 is 13.4. The number of hydrogen-bond acceptors (Lipinski definition) is 8. The molecule has 1 saturated heterocycles. The molecule has 0 bridgehead atoms. The van der Waals surface area contributed by atoms with E-state index in [-0.39, 0.29) is 25.5 Å². The van der Waals surface area contributed by atoms with Gasteiger partial charge in [-0.25, -0.2) is 9.78 Å². The number of aromatic nitrogens is 3. The van der Waals surface area contributed by atoms with E-state index in [1.54, 1.807) is 12.0 Å². The highest BCUT2D eigenvalue weighted by molar-refractivity contribution is 5.87. The van der Waals surface area contributed by atoms with Crippen LogP contribution in [0.2, 0.25) is 0 Å². The molecule has 2 aromatic heterocycles. The molecule has 1 aromatic carbocycles. The number of hydrogen-bond donors (Lipinski definition) is 2. The van der Waals surface area contributed by atoms with Gasteiger partial charge in [-0.1, -0.05) is 39.3 Å². The monoisotopic (exact) mass is 553 g/mol. The van der Waals surface area contributed by atoms with Crippen LogP contribution in [0.15, 0.2) is 30.5 Å². The summed E-state index contributed by atoms with van der Waals surface area (Å²) in [6, 6.07) is 8.50. The van der Waals surface area contributed by atoms with E-state index in [9.17, 15) is 4.79 Å². The summed E-state index contributed by atoms with van der Waals surface area (Å²) in [5.74, 6) is 1.87. The van der Waals surface area contributed by atoms with Gasteiger partial charge in [0.05, 0.1) is 25.2 Å². The van der Waals surface area contributed by atoms with Gasteiger partial charge in [-0.15, -0.1) is 0 Å². The Morgan fingerprint density at radius 2 is 1.93 bits per heavy atom. The maximum Gasteiger partial charge on any atom is 0.410 e. The molecular formula is C30H47N7O3. The van der Waals surface area contributed by atoms with Gasteiger partial charge in [-0.2, -0.15) is 4.98 Å². The third-order valence-corrected chi connectivity index (χ3v) is 6.97. The lowest BCUT2D eigenvalue weighted by Crippen LogP contribution is -2.59. The van der Waals surface area contributed by atoms with Crippen LogP contribution in [0.4, 0.5) is 16.6 Å². The van der Waals surface area contributed by atoms with Crippen molar-refractivity contribution in [2.75, 3.05) is 44.8 Å². The summed E-state index contributed by atoms with van der Waals surface area (Å²) in [4.78, 5) is 25.3. The first-order valence-electron chi connectivity index (χ1n) is 13.8. The molecule has 1 aliphatic heterocycles. The zero-order chi connectivity index (χ0) is 28.2. The van der Waals surface area contributed by atoms with Gasteiger partial charge in [0.2, 0.25) is 5.95 Å². The first kappa shape index (κ1) is 31.0. The number of amides is 1. The number of nitrogens with two attached hydrogens (primary N) is 1. The van der Waals surface area contributed by atoms with Crippen LogP contribution in [-0.2, 0) is 17.8 Å². The zero-order valence-electron chi connectivity index (χ0n) is 24.2. The van der Waals surface area contributed by atoms with Crippen molar-refractivity contribution < 1.29 is 14.3 Å². The molecule has 4 rings (SSSR count). The minimum absolute atomic E-state index is 0. The summed E-state index contributed by atoms with van der Waals surface area (Å²) in [6.07, 6.45) is 5.15. The predicted octanol–water partition coefficient (Wildman–Crippen LogP) is 5.36. The Labute approximate surface area is 238 Å². The van der Waals surface area contributed by atoms with E-state index in [1.165, 1.54) is 12.0 Å². The van der Waals surface area contributed by atoms with Crippen LogP contribution < -0.4 is 15.8 Å². The van der Waals surface area contributed by atoms with Crippen molar-refractivity contribution in [1.29, 1.82) is 0 Å². The molecule has 1 amide bonds. The van der Waals surface area contributed by atoms with Crippen LogP contribution in [0, 0.1) is 0 Å². The molecule has 40 heavy (non-hydrogen) atoms. The number of benzene rings is 1. The smallest absolute Gasteiger partial charge is 0.410 e. The van der Waals surface area contributed by atoms with Crippen molar-refractivity contribution in [2.45, 2.75) is 79.1 Å². The lowest BCUT2D eigenvalue weighted by molar-refractivity contribution is -0.00574. The largest absolute Gasteiger partial charge is 0.496 e. The second-order valence-corrected chi connectivity index (χ2v) is 11.3. The van der Waals surface area contributed by atoms with E-state index in [0.717, 1.165) is 67.2 Å². The Balaban J connectivity index is 0.00000441. The van der Waals surface area contributed by atoms with Crippen molar-refractivity contribution in [2.24, 2.45) is 0 Å². The van der Waals surface area contributed by atoms with Gasteiger partial charge in [-0.3, -0.25) is 4.90 Å². The molecule has 0 aliphatic carbocycles. The Morgan fingerprint density at radius 3 is 2.60 bits per heavy atom. The second kappa shape index (κ2) is 13.2. The van der Waals surface area contributed by atoms with E-state index >= 15 is 0 Å². The molecular weight excluding hydrogens is 506 g/mol. The molecule has 3 N–H and O–H groups in total. The fraction of sp³-hybridized carbons (Fsp3) is 0.567. The van der Waals surface area contributed by atoms with Gasteiger partial charge < -0.3 is 30.0 Å². The number of carbonyl (C=O) groups excluding carboxylic acids is 1. The number of nitrogens with zero attached hydrogens (tertiary/aromatic N) is 5. The van der Waals surface area contributed by atoms with Crippen molar-refractivity contribution in [1.82, 2.24) is 24.3 Å². The molecule has 0 spiro atoms. The van der Waals surface area contributed by atoms with Crippen molar-refractivity contribution in [3.8, 4) is 5.75 Å². The third-order valence-electron chi connectivity index (χ3n) is 6.97. The average molecular weight is 554 g/mol. The van der Waals surface area contributed by atoms with Gasteiger partial charge in [-0.05, 0) is 44.9 Å². The number of carbonyl (C=O) groups is 1. The summed E-state index contributed by atoms with van der Waals surface area (Å²) in [6.45, 7) is 11.7.